The van der Waals surface area contributed by atoms with Crippen molar-refractivity contribution in [1.29, 1.82) is 0 Å². The Kier molecular flexibility index (Phi) is 4.43. The van der Waals surface area contributed by atoms with E-state index in [1.807, 2.05) is 19.9 Å². The molecule has 1 aromatic carbocycles. The Morgan fingerprint density at radius 2 is 2.26 bits per heavy atom. The highest BCUT2D eigenvalue weighted by Crippen LogP contribution is 2.37. The van der Waals surface area contributed by atoms with Crippen LogP contribution in [0.3, 0.4) is 0 Å². The molecule has 0 bridgehead atoms. The van der Waals surface area contributed by atoms with Crippen molar-refractivity contribution in [3.8, 4) is 5.75 Å². The maximum absolute atomic E-state index is 12.0. The average Bonchev–Trinajstić information content (AvgIpc) is 3.24. The molecule has 1 fully saturated rings. The first-order valence-electron chi connectivity index (χ1n) is 6.83. The van der Waals surface area contributed by atoms with Crippen LogP contribution in [0.2, 0.25) is 0 Å². The van der Waals surface area contributed by atoms with Crippen molar-refractivity contribution in [2.75, 3.05) is 11.9 Å². The molecule has 2 N–H and O–H groups in total. The largest absolute Gasteiger partial charge is 0.494 e. The van der Waals surface area contributed by atoms with Gasteiger partial charge in [-0.3, -0.25) is 4.79 Å². The van der Waals surface area contributed by atoms with Crippen molar-refractivity contribution in [3.63, 3.8) is 0 Å². The summed E-state index contributed by atoms with van der Waals surface area (Å²) in [6.07, 6.45) is 2.31. The van der Waals surface area contributed by atoms with Crippen molar-refractivity contribution in [2.24, 2.45) is 11.8 Å². The van der Waals surface area contributed by atoms with E-state index in [1.54, 1.807) is 12.1 Å². The minimum atomic E-state index is -0.1000. The summed E-state index contributed by atoms with van der Waals surface area (Å²) in [6.45, 7) is 4.32. The minimum Gasteiger partial charge on any atom is -0.494 e. The Balaban J connectivity index is 2.05. The first kappa shape index (κ1) is 13.9. The fourth-order valence-corrected chi connectivity index (χ4v) is 2.14. The maximum atomic E-state index is 12.0. The Morgan fingerprint density at radius 3 is 2.84 bits per heavy atom. The van der Waals surface area contributed by atoms with Crippen LogP contribution >= 0.6 is 0 Å². The molecule has 4 nitrogen and oxygen atoms in total. The number of ether oxygens (including phenoxy) is 1. The van der Waals surface area contributed by atoms with Gasteiger partial charge in [0.15, 0.2) is 0 Å². The van der Waals surface area contributed by atoms with E-state index in [1.165, 1.54) is 0 Å². The van der Waals surface area contributed by atoms with Gasteiger partial charge in [0.25, 0.3) is 0 Å². The lowest BCUT2D eigenvalue weighted by Crippen LogP contribution is -2.21. The van der Waals surface area contributed by atoms with Crippen LogP contribution in [0.25, 0.3) is 0 Å². The summed E-state index contributed by atoms with van der Waals surface area (Å²) >= 11 is 0. The van der Waals surface area contributed by atoms with E-state index in [0.29, 0.717) is 29.5 Å². The molecule has 1 aliphatic carbocycles. The van der Waals surface area contributed by atoms with Crippen LogP contribution in [0.4, 0.5) is 5.69 Å². The molecule has 0 aromatic heterocycles. The molecular weight excluding hydrogens is 242 g/mol. The number of carbonyl (C=O) groups is 1. The molecule has 0 radical (unpaired) electrons. The average molecular weight is 263 g/mol. The topological polar surface area (TPSA) is 58.6 Å². The normalized spacial score (nSPS) is 15.9. The molecule has 1 aromatic rings. The van der Waals surface area contributed by atoms with Crippen LogP contribution < -0.4 is 10.1 Å². The molecule has 104 valence electrons. The summed E-state index contributed by atoms with van der Waals surface area (Å²) in [5.41, 5.74) is 1.41. The fraction of sp³-hybridized carbons (Fsp3) is 0.533. The number of benzene rings is 1. The standard InChI is InChI=1S/C15H21NO3/c1-3-19-14-7-6-13(8-12(14)9-17)16-15(18)10(2)11-4-5-11/h6-8,10-11,17H,3-5,9H2,1-2H3,(H,16,18). The SMILES string of the molecule is CCOc1ccc(NC(=O)C(C)C2CC2)cc1CO. The predicted molar refractivity (Wildman–Crippen MR) is 74.1 cm³/mol. The summed E-state index contributed by atoms with van der Waals surface area (Å²) in [6, 6.07) is 5.36. The molecule has 0 aliphatic heterocycles. The van der Waals surface area contributed by atoms with Crippen LogP contribution in [0.1, 0.15) is 32.3 Å². The van der Waals surface area contributed by atoms with Gasteiger partial charge in [0, 0.05) is 17.2 Å². The van der Waals surface area contributed by atoms with E-state index < -0.39 is 0 Å². The molecule has 0 heterocycles. The van der Waals surface area contributed by atoms with E-state index in [9.17, 15) is 9.90 Å². The number of hydrogen-bond acceptors (Lipinski definition) is 3. The number of nitrogens with one attached hydrogen (secondary N) is 1. The van der Waals surface area contributed by atoms with Gasteiger partial charge < -0.3 is 15.2 Å². The Labute approximate surface area is 113 Å². The highest BCUT2D eigenvalue weighted by molar-refractivity contribution is 5.92. The second-order valence-corrected chi connectivity index (χ2v) is 5.03. The van der Waals surface area contributed by atoms with Crippen LogP contribution in [0.15, 0.2) is 18.2 Å². The first-order chi connectivity index (χ1) is 9.15. The Morgan fingerprint density at radius 1 is 1.53 bits per heavy atom. The number of aliphatic hydroxyl groups is 1. The van der Waals surface area contributed by atoms with E-state index >= 15 is 0 Å². The molecule has 0 saturated heterocycles. The molecule has 1 unspecified atom stereocenters. The van der Waals surface area contributed by atoms with Crippen molar-refractivity contribution in [2.45, 2.75) is 33.3 Å². The van der Waals surface area contributed by atoms with Gasteiger partial charge in [0.2, 0.25) is 5.91 Å². The third-order valence-corrected chi connectivity index (χ3v) is 3.54. The van der Waals surface area contributed by atoms with Gasteiger partial charge in [-0.2, -0.15) is 0 Å². The zero-order valence-electron chi connectivity index (χ0n) is 11.5. The molecule has 1 aliphatic rings. The van der Waals surface area contributed by atoms with Crippen LogP contribution in [-0.2, 0) is 11.4 Å². The van der Waals surface area contributed by atoms with E-state index in [0.717, 1.165) is 12.8 Å². The van der Waals surface area contributed by atoms with Gasteiger partial charge in [-0.25, -0.2) is 0 Å². The van der Waals surface area contributed by atoms with Crippen LogP contribution in [0, 0.1) is 11.8 Å². The van der Waals surface area contributed by atoms with Crippen molar-refractivity contribution < 1.29 is 14.6 Å². The Hall–Kier alpha value is -1.55. The summed E-state index contributed by atoms with van der Waals surface area (Å²) in [7, 11) is 0. The van der Waals surface area contributed by atoms with Gasteiger partial charge in [0.05, 0.1) is 13.2 Å². The zero-order chi connectivity index (χ0) is 13.8. The van der Waals surface area contributed by atoms with E-state index in [-0.39, 0.29) is 18.4 Å². The van der Waals surface area contributed by atoms with Gasteiger partial charge in [0.1, 0.15) is 5.75 Å². The van der Waals surface area contributed by atoms with Crippen LogP contribution in [-0.4, -0.2) is 17.6 Å². The van der Waals surface area contributed by atoms with Crippen molar-refractivity contribution >= 4 is 11.6 Å². The first-order valence-corrected chi connectivity index (χ1v) is 6.83. The van der Waals surface area contributed by atoms with Crippen molar-refractivity contribution in [3.05, 3.63) is 23.8 Å². The molecule has 0 spiro atoms. The number of anilines is 1. The maximum Gasteiger partial charge on any atom is 0.227 e. The second kappa shape index (κ2) is 6.06. The number of hydrogen-bond donors (Lipinski definition) is 2. The lowest BCUT2D eigenvalue weighted by molar-refractivity contribution is -0.119. The Bertz CT molecular complexity index is 455. The smallest absolute Gasteiger partial charge is 0.227 e. The summed E-state index contributed by atoms with van der Waals surface area (Å²) in [5, 5.41) is 12.2. The summed E-state index contributed by atoms with van der Waals surface area (Å²) in [5.74, 6) is 1.32. The lowest BCUT2D eigenvalue weighted by Gasteiger charge is -2.14. The fourth-order valence-electron chi connectivity index (χ4n) is 2.14. The third kappa shape index (κ3) is 3.47. The van der Waals surface area contributed by atoms with Crippen molar-refractivity contribution in [1.82, 2.24) is 0 Å². The highest BCUT2D eigenvalue weighted by atomic mass is 16.5. The quantitative estimate of drug-likeness (QED) is 0.829. The monoisotopic (exact) mass is 263 g/mol. The highest BCUT2D eigenvalue weighted by Gasteiger charge is 2.32. The van der Waals surface area contributed by atoms with Gasteiger partial charge >= 0.3 is 0 Å². The number of rotatable bonds is 6. The van der Waals surface area contributed by atoms with E-state index in [2.05, 4.69) is 5.32 Å². The molecule has 4 heteroatoms. The predicted octanol–water partition coefficient (Wildman–Crippen LogP) is 2.56. The number of amides is 1. The zero-order valence-corrected chi connectivity index (χ0v) is 11.5. The third-order valence-electron chi connectivity index (χ3n) is 3.54. The lowest BCUT2D eigenvalue weighted by atomic mass is 10.1. The molecule has 2 rings (SSSR count). The summed E-state index contributed by atoms with van der Waals surface area (Å²) < 4.78 is 5.41. The van der Waals surface area contributed by atoms with Gasteiger partial charge in [-0.05, 0) is 43.9 Å². The second-order valence-electron chi connectivity index (χ2n) is 5.03. The van der Waals surface area contributed by atoms with Gasteiger partial charge in [-0.1, -0.05) is 6.92 Å². The molecular formula is C15H21NO3. The number of aliphatic hydroxyl groups excluding tert-OH is 1. The van der Waals surface area contributed by atoms with E-state index in [4.69, 9.17) is 4.74 Å². The molecule has 19 heavy (non-hydrogen) atoms. The van der Waals surface area contributed by atoms with Crippen LogP contribution in [0.5, 0.6) is 5.75 Å². The summed E-state index contributed by atoms with van der Waals surface area (Å²) in [4.78, 5) is 12.0. The number of carbonyl (C=O) groups excluding carboxylic acids is 1. The van der Waals surface area contributed by atoms with Gasteiger partial charge in [-0.15, -0.1) is 0 Å². The molecule has 1 amide bonds. The molecule has 1 saturated carbocycles. The molecule has 1 atom stereocenters. The minimum absolute atomic E-state index is 0.0514.